The fourth-order valence-electron chi connectivity index (χ4n) is 4.93. The molecule has 1 fully saturated rings. The predicted octanol–water partition coefficient (Wildman–Crippen LogP) is 1.62. The molecule has 206 valence electrons. The van der Waals surface area contributed by atoms with Gasteiger partial charge in [0.25, 0.3) is 0 Å². The number of allylic oxidation sites excluding steroid dienone is 2. The molecule has 4 amide bonds. The van der Waals surface area contributed by atoms with Gasteiger partial charge in [0.05, 0.1) is 11.5 Å². The standard InChI is InChI=1S/C28H30BN5O6/c30-24(35)13-11-21(28(40)32-22(27(31)39)12-15-26(37)38)29-33-23(16-20-10-14-25(36)34(20)29)19-8-6-18(7-9-19)17-4-2-1-3-5-17/h1-9,16,21-22H,10-15H2,(H2,30,35)(H2,31,39)(H,32,40)(H,37,38)/t21?,22-/m0/s1. The number of aliphatic carboxylic acids is 1. The molecule has 0 spiro atoms. The summed E-state index contributed by atoms with van der Waals surface area (Å²) in [5, 5.41) is 11.5. The van der Waals surface area contributed by atoms with Crippen LogP contribution in [0.5, 0.6) is 0 Å². The van der Waals surface area contributed by atoms with Gasteiger partial charge in [0.2, 0.25) is 23.6 Å². The molecule has 0 radical (unpaired) electrons. The normalized spacial score (nSPS) is 15.9. The lowest BCUT2D eigenvalue weighted by Crippen LogP contribution is -2.52. The van der Waals surface area contributed by atoms with E-state index in [2.05, 4.69) is 5.32 Å². The number of fused-ring (bicyclic) bond motifs is 1. The van der Waals surface area contributed by atoms with Crippen molar-refractivity contribution in [1.29, 1.82) is 0 Å². The van der Waals surface area contributed by atoms with Crippen LogP contribution in [-0.2, 0) is 24.0 Å². The Hall–Kier alpha value is -4.74. The minimum atomic E-state index is -1.25. The highest BCUT2D eigenvalue weighted by atomic mass is 16.4. The van der Waals surface area contributed by atoms with Crippen molar-refractivity contribution >= 4 is 42.3 Å². The Morgan fingerprint density at radius 1 is 0.925 bits per heavy atom. The lowest BCUT2D eigenvalue weighted by molar-refractivity contribution is -0.138. The molecule has 1 saturated heterocycles. The molecule has 1 unspecified atom stereocenters. The van der Waals surface area contributed by atoms with E-state index in [0.717, 1.165) is 16.7 Å². The van der Waals surface area contributed by atoms with Crippen molar-refractivity contribution in [3.63, 3.8) is 0 Å². The Bertz CT molecular complexity index is 1380. The van der Waals surface area contributed by atoms with Crippen LogP contribution in [0.2, 0.25) is 5.82 Å². The second kappa shape index (κ2) is 12.4. The summed E-state index contributed by atoms with van der Waals surface area (Å²) in [6.45, 7) is -0.994. The average Bonchev–Trinajstić information content (AvgIpc) is 3.31. The molecule has 0 aliphatic carbocycles. The van der Waals surface area contributed by atoms with Crippen LogP contribution in [0.4, 0.5) is 0 Å². The monoisotopic (exact) mass is 543 g/mol. The summed E-state index contributed by atoms with van der Waals surface area (Å²) < 4.78 is 0. The fraction of sp³-hybridized carbons (Fsp3) is 0.286. The molecule has 2 atom stereocenters. The number of carboxylic acids is 1. The van der Waals surface area contributed by atoms with E-state index in [9.17, 15) is 24.0 Å². The topological polar surface area (TPSA) is 185 Å². The van der Waals surface area contributed by atoms with E-state index in [1.807, 2.05) is 60.7 Å². The number of carbonyl (C=O) groups excluding carboxylic acids is 4. The highest BCUT2D eigenvalue weighted by Gasteiger charge is 2.46. The van der Waals surface area contributed by atoms with Crippen molar-refractivity contribution in [2.45, 2.75) is 50.4 Å². The van der Waals surface area contributed by atoms with Crippen LogP contribution >= 0.6 is 0 Å². The van der Waals surface area contributed by atoms with Gasteiger partial charge < -0.3 is 31.6 Å². The zero-order valence-corrected chi connectivity index (χ0v) is 21.8. The number of benzene rings is 2. The quantitative estimate of drug-likeness (QED) is 0.295. The number of hydrogen-bond acceptors (Lipinski definition) is 6. The molecule has 6 N–H and O–H groups in total. The Morgan fingerprint density at radius 3 is 2.20 bits per heavy atom. The maximum absolute atomic E-state index is 13.5. The number of nitrogens with two attached hydrogens (primary N) is 2. The minimum absolute atomic E-state index is 0.0446. The third-order valence-corrected chi connectivity index (χ3v) is 7.01. The van der Waals surface area contributed by atoms with E-state index in [1.54, 1.807) is 0 Å². The summed E-state index contributed by atoms with van der Waals surface area (Å²) in [6, 6.07) is 16.4. The first-order chi connectivity index (χ1) is 19.1. The zero-order chi connectivity index (χ0) is 28.8. The van der Waals surface area contributed by atoms with Crippen LogP contribution < -0.4 is 16.8 Å². The Kier molecular flexibility index (Phi) is 8.78. The third kappa shape index (κ3) is 6.63. The molecule has 40 heavy (non-hydrogen) atoms. The number of primary amides is 2. The maximum atomic E-state index is 13.5. The summed E-state index contributed by atoms with van der Waals surface area (Å²) in [6.07, 6.45) is 1.72. The molecule has 2 aliphatic heterocycles. The Labute approximate surface area is 231 Å². The average molecular weight is 543 g/mol. The molecule has 2 aromatic carbocycles. The minimum Gasteiger partial charge on any atom is -0.481 e. The first-order valence-electron chi connectivity index (χ1n) is 13.0. The van der Waals surface area contributed by atoms with Gasteiger partial charge in [-0.15, -0.1) is 0 Å². The lowest BCUT2D eigenvalue weighted by atomic mass is 9.57. The van der Waals surface area contributed by atoms with Crippen molar-refractivity contribution in [3.05, 3.63) is 71.9 Å². The van der Waals surface area contributed by atoms with Crippen LogP contribution in [0, 0.1) is 0 Å². The fourth-order valence-corrected chi connectivity index (χ4v) is 4.93. The molecule has 2 heterocycles. The van der Waals surface area contributed by atoms with Crippen molar-refractivity contribution in [2.75, 3.05) is 0 Å². The van der Waals surface area contributed by atoms with E-state index in [4.69, 9.17) is 21.5 Å². The number of rotatable bonds is 12. The second-order valence-corrected chi connectivity index (χ2v) is 9.78. The van der Waals surface area contributed by atoms with Crippen LogP contribution in [0.3, 0.4) is 0 Å². The summed E-state index contributed by atoms with van der Waals surface area (Å²) in [4.78, 5) is 67.3. The van der Waals surface area contributed by atoms with E-state index in [1.165, 1.54) is 4.81 Å². The smallest absolute Gasteiger partial charge is 0.414 e. The number of nitrogens with one attached hydrogen (secondary N) is 1. The van der Waals surface area contributed by atoms with Crippen molar-refractivity contribution < 1.29 is 29.1 Å². The molecule has 0 saturated carbocycles. The lowest BCUT2D eigenvalue weighted by Gasteiger charge is -2.32. The van der Waals surface area contributed by atoms with E-state index >= 15 is 0 Å². The van der Waals surface area contributed by atoms with Gasteiger partial charge in [-0.2, -0.15) is 0 Å². The molecule has 0 aromatic heterocycles. The molecule has 4 rings (SSSR count). The van der Waals surface area contributed by atoms with Crippen LogP contribution in [0.1, 0.15) is 44.1 Å². The van der Waals surface area contributed by atoms with Gasteiger partial charge in [-0.25, -0.2) is 0 Å². The van der Waals surface area contributed by atoms with Gasteiger partial charge in [-0.3, -0.25) is 24.0 Å². The molecular weight excluding hydrogens is 513 g/mol. The number of nitrogens with zero attached hydrogens (tertiary/aromatic N) is 2. The zero-order valence-electron chi connectivity index (χ0n) is 21.8. The number of hydrogen-bond donors (Lipinski definition) is 4. The van der Waals surface area contributed by atoms with Gasteiger partial charge in [0.15, 0.2) is 0 Å². The largest absolute Gasteiger partial charge is 0.481 e. The van der Waals surface area contributed by atoms with Gasteiger partial charge in [-0.05, 0) is 42.0 Å². The highest BCUT2D eigenvalue weighted by molar-refractivity contribution is 6.66. The van der Waals surface area contributed by atoms with E-state index < -0.39 is 42.5 Å². The molecule has 2 aromatic rings. The number of carbonyl (C=O) groups is 5. The van der Waals surface area contributed by atoms with Crippen LogP contribution in [0.25, 0.3) is 11.1 Å². The molecule has 11 nitrogen and oxygen atoms in total. The second-order valence-electron chi connectivity index (χ2n) is 9.78. The van der Waals surface area contributed by atoms with E-state index in [0.29, 0.717) is 17.8 Å². The van der Waals surface area contributed by atoms with Crippen LogP contribution in [-0.4, -0.2) is 58.3 Å². The molecule has 0 bridgehead atoms. The Morgan fingerprint density at radius 2 is 1.57 bits per heavy atom. The maximum Gasteiger partial charge on any atom is 0.414 e. The third-order valence-electron chi connectivity index (χ3n) is 7.01. The predicted molar refractivity (Wildman–Crippen MR) is 149 cm³/mol. The molecule has 12 heteroatoms. The molecular formula is C28H30BN5O6. The van der Waals surface area contributed by atoms with Crippen molar-refractivity contribution in [1.82, 2.24) is 10.1 Å². The SMILES string of the molecule is NC(=O)CCC(B1N=C(c2ccc(-c3ccccc3)cc2)C=C2CCC(=O)N12)C(=O)N[C@@H](CCC(=O)O)C(N)=O. The van der Waals surface area contributed by atoms with Crippen molar-refractivity contribution in [2.24, 2.45) is 16.4 Å². The van der Waals surface area contributed by atoms with Gasteiger partial charge in [0.1, 0.15) is 6.04 Å². The summed E-state index contributed by atoms with van der Waals surface area (Å²) in [7, 11) is 0. The summed E-state index contributed by atoms with van der Waals surface area (Å²) in [5.41, 5.74) is 14.9. The Balaban J connectivity index is 1.67. The molecule has 2 aliphatic rings. The van der Waals surface area contributed by atoms with Crippen molar-refractivity contribution in [3.8, 4) is 11.1 Å². The summed E-state index contributed by atoms with van der Waals surface area (Å²) >= 11 is 0. The first kappa shape index (κ1) is 28.3. The van der Waals surface area contributed by atoms with E-state index in [-0.39, 0.29) is 38.0 Å². The number of amides is 4. The first-order valence-corrected chi connectivity index (χ1v) is 13.0. The highest BCUT2D eigenvalue weighted by Crippen LogP contribution is 2.35. The van der Waals surface area contributed by atoms with Gasteiger partial charge >= 0.3 is 13.0 Å². The van der Waals surface area contributed by atoms with Crippen LogP contribution in [0.15, 0.2) is 71.3 Å². The number of carboxylic acid groups (broad SMARTS) is 1. The summed E-state index contributed by atoms with van der Waals surface area (Å²) in [5.74, 6) is -4.63. The van der Waals surface area contributed by atoms with Gasteiger partial charge in [0, 0.05) is 25.0 Å². The van der Waals surface area contributed by atoms with Gasteiger partial charge in [-0.1, -0.05) is 54.6 Å².